The summed E-state index contributed by atoms with van der Waals surface area (Å²) in [6.45, 7) is 5.83. The second-order valence-electron chi connectivity index (χ2n) is 7.40. The number of amides is 1. The second-order valence-corrected chi connectivity index (χ2v) is 7.40. The van der Waals surface area contributed by atoms with Crippen molar-refractivity contribution < 1.29 is 14.4 Å². The summed E-state index contributed by atoms with van der Waals surface area (Å²) < 4.78 is 7.24. The van der Waals surface area contributed by atoms with Gasteiger partial charge < -0.3 is 15.0 Å². The van der Waals surface area contributed by atoms with E-state index < -0.39 is 0 Å². The van der Waals surface area contributed by atoms with Crippen LogP contribution in [0.5, 0.6) is 0 Å². The number of nitrogens with one attached hydrogen (secondary N) is 2. The van der Waals surface area contributed by atoms with Crippen LogP contribution in [-0.2, 0) is 24.4 Å². The minimum absolute atomic E-state index is 0.0992. The summed E-state index contributed by atoms with van der Waals surface area (Å²) in [5.41, 5.74) is 4.18. The normalized spacial score (nSPS) is 14.6. The Kier molecular flexibility index (Phi) is 6.34. The molecular weight excluding hydrogens is 364 g/mol. The third-order valence-electron chi connectivity index (χ3n) is 5.28. The van der Waals surface area contributed by atoms with Crippen LogP contribution < -0.4 is 10.2 Å². The van der Waals surface area contributed by atoms with Crippen LogP contribution in [0.25, 0.3) is 0 Å². The summed E-state index contributed by atoms with van der Waals surface area (Å²) in [4.78, 5) is 14.1. The number of benzene rings is 2. The molecule has 2 aromatic carbocycles. The molecule has 0 radical (unpaired) electrons. The monoisotopic (exact) mass is 391 g/mol. The zero-order valence-electron chi connectivity index (χ0n) is 16.5. The largest absolute Gasteiger partial charge is 0.370 e. The van der Waals surface area contributed by atoms with E-state index in [-0.39, 0.29) is 5.91 Å². The average molecular weight is 391 g/mol. The van der Waals surface area contributed by atoms with Gasteiger partial charge in [-0.15, -0.1) is 0 Å². The number of aromatic nitrogens is 2. The first-order valence-corrected chi connectivity index (χ1v) is 10.1. The van der Waals surface area contributed by atoms with Crippen LogP contribution >= 0.6 is 0 Å². The number of nitrogens with zero attached hydrogens (tertiary/aromatic N) is 2. The van der Waals surface area contributed by atoms with Gasteiger partial charge in [-0.3, -0.25) is 9.48 Å². The lowest BCUT2D eigenvalue weighted by Crippen LogP contribution is -3.12. The Morgan fingerprint density at radius 1 is 1.03 bits per heavy atom. The summed E-state index contributed by atoms with van der Waals surface area (Å²) in [6.07, 6.45) is 3.42. The lowest BCUT2D eigenvalue weighted by Gasteiger charge is -2.24. The number of carbonyl (C=O) groups is 1. The molecule has 1 aliphatic rings. The highest BCUT2D eigenvalue weighted by molar-refractivity contribution is 5.93. The van der Waals surface area contributed by atoms with Gasteiger partial charge in [0.25, 0.3) is 5.91 Å². The molecule has 6 nitrogen and oxygen atoms in total. The molecule has 1 aliphatic heterocycles. The number of morpholine rings is 1. The number of hydrogen-bond donors (Lipinski definition) is 2. The summed E-state index contributed by atoms with van der Waals surface area (Å²) >= 11 is 0. The first kappa shape index (κ1) is 19.4. The maximum absolute atomic E-state index is 12.6. The van der Waals surface area contributed by atoms with Gasteiger partial charge in [-0.25, -0.2) is 0 Å². The zero-order chi connectivity index (χ0) is 19.9. The lowest BCUT2D eigenvalue weighted by atomic mass is 10.1. The Bertz CT molecular complexity index is 933. The average Bonchev–Trinajstić information content (AvgIpc) is 3.23. The van der Waals surface area contributed by atoms with Crippen molar-refractivity contribution >= 4 is 5.91 Å². The van der Waals surface area contributed by atoms with Crippen molar-refractivity contribution in [3.63, 3.8) is 0 Å². The Hall–Kier alpha value is -2.96. The third kappa shape index (κ3) is 5.31. The van der Waals surface area contributed by atoms with Gasteiger partial charge in [0, 0.05) is 18.3 Å². The van der Waals surface area contributed by atoms with Crippen molar-refractivity contribution in [3.8, 4) is 0 Å². The Labute approximate surface area is 171 Å². The lowest BCUT2D eigenvalue weighted by molar-refractivity contribution is -0.921. The maximum Gasteiger partial charge on any atom is 0.254 e. The number of quaternary nitrogens is 1. The van der Waals surface area contributed by atoms with E-state index >= 15 is 0 Å². The molecular formula is C23H27N4O2+. The molecule has 0 aliphatic carbocycles. The Balaban J connectivity index is 1.35. The summed E-state index contributed by atoms with van der Waals surface area (Å²) in [6, 6.07) is 18.4. The van der Waals surface area contributed by atoms with Gasteiger partial charge in [-0.2, -0.15) is 5.10 Å². The topological polar surface area (TPSA) is 60.6 Å². The van der Waals surface area contributed by atoms with Gasteiger partial charge in [0.05, 0.1) is 31.5 Å². The maximum atomic E-state index is 12.6. The van der Waals surface area contributed by atoms with Crippen LogP contribution in [0.2, 0.25) is 0 Å². The number of ether oxygens (including phenoxy) is 1. The molecule has 2 heterocycles. The molecule has 0 saturated carbocycles. The van der Waals surface area contributed by atoms with Gasteiger partial charge in [0.1, 0.15) is 19.6 Å². The highest BCUT2D eigenvalue weighted by Crippen LogP contribution is 2.09. The predicted octanol–water partition coefficient (Wildman–Crippen LogP) is 1.28. The van der Waals surface area contributed by atoms with Crippen LogP contribution in [0, 0.1) is 0 Å². The molecule has 3 aromatic rings. The van der Waals surface area contributed by atoms with E-state index in [1.807, 2.05) is 24.3 Å². The van der Waals surface area contributed by atoms with Crippen LogP contribution in [0.1, 0.15) is 27.0 Å². The summed E-state index contributed by atoms with van der Waals surface area (Å²) in [7, 11) is 0. The third-order valence-corrected chi connectivity index (χ3v) is 5.28. The minimum Gasteiger partial charge on any atom is -0.370 e. The van der Waals surface area contributed by atoms with Gasteiger partial charge in [-0.05, 0) is 11.1 Å². The smallest absolute Gasteiger partial charge is 0.254 e. The molecule has 1 amide bonds. The van der Waals surface area contributed by atoms with Crippen molar-refractivity contribution in [1.29, 1.82) is 0 Å². The zero-order valence-corrected chi connectivity index (χ0v) is 16.5. The van der Waals surface area contributed by atoms with Crippen molar-refractivity contribution in [2.75, 3.05) is 26.3 Å². The van der Waals surface area contributed by atoms with Gasteiger partial charge in [0.15, 0.2) is 0 Å². The number of carbonyl (C=O) groups excluding carboxylic acids is 1. The van der Waals surface area contributed by atoms with Gasteiger partial charge in [0.2, 0.25) is 0 Å². The fraction of sp³-hybridized carbons (Fsp3) is 0.304. The fourth-order valence-corrected chi connectivity index (χ4v) is 3.62. The van der Waals surface area contributed by atoms with E-state index in [0.29, 0.717) is 18.7 Å². The van der Waals surface area contributed by atoms with Crippen molar-refractivity contribution in [1.82, 2.24) is 15.1 Å². The van der Waals surface area contributed by atoms with Gasteiger partial charge in [-0.1, -0.05) is 54.6 Å². The summed E-state index contributed by atoms with van der Waals surface area (Å²) in [5.74, 6) is -0.0992. The van der Waals surface area contributed by atoms with Crippen LogP contribution in [0.15, 0.2) is 67.0 Å². The Morgan fingerprint density at radius 2 is 1.76 bits per heavy atom. The minimum atomic E-state index is -0.0992. The standard InChI is InChI=1S/C23H26N4O2/c28-23(22-15-25-27(18-22)16-19-6-2-1-3-7-19)24-14-20-8-4-5-9-21(20)17-26-10-12-29-13-11-26/h1-9,15,18H,10-14,16-17H2,(H,24,28)/p+1. The highest BCUT2D eigenvalue weighted by Gasteiger charge is 2.16. The van der Waals surface area contributed by atoms with E-state index in [2.05, 4.69) is 40.7 Å². The molecule has 4 rings (SSSR count). The van der Waals surface area contributed by atoms with E-state index in [1.54, 1.807) is 17.1 Å². The first-order valence-electron chi connectivity index (χ1n) is 10.1. The number of hydrogen-bond acceptors (Lipinski definition) is 3. The SMILES string of the molecule is O=C(NCc1ccccc1C[NH+]1CCOCC1)c1cnn(Cc2ccccc2)c1. The van der Waals surface area contributed by atoms with E-state index in [1.165, 1.54) is 10.5 Å². The van der Waals surface area contributed by atoms with Crippen LogP contribution in [-0.4, -0.2) is 42.0 Å². The molecule has 2 N–H and O–H groups in total. The van der Waals surface area contributed by atoms with Crippen LogP contribution in [0.4, 0.5) is 0 Å². The molecule has 150 valence electrons. The molecule has 0 unspecified atom stereocenters. The van der Waals surface area contributed by atoms with Crippen LogP contribution in [0.3, 0.4) is 0 Å². The molecule has 0 spiro atoms. The van der Waals surface area contributed by atoms with Crippen molar-refractivity contribution in [2.45, 2.75) is 19.6 Å². The fourth-order valence-electron chi connectivity index (χ4n) is 3.62. The Morgan fingerprint density at radius 3 is 2.55 bits per heavy atom. The molecule has 6 heteroatoms. The molecule has 29 heavy (non-hydrogen) atoms. The van der Waals surface area contributed by atoms with E-state index in [9.17, 15) is 4.79 Å². The number of rotatable bonds is 7. The summed E-state index contributed by atoms with van der Waals surface area (Å²) in [5, 5.41) is 7.37. The van der Waals surface area contributed by atoms with E-state index in [4.69, 9.17) is 4.74 Å². The first-order chi connectivity index (χ1) is 14.3. The second kappa shape index (κ2) is 9.49. The molecule has 1 saturated heterocycles. The molecule has 1 fully saturated rings. The molecule has 0 atom stereocenters. The quantitative estimate of drug-likeness (QED) is 0.638. The molecule has 1 aromatic heterocycles. The molecule has 0 bridgehead atoms. The van der Waals surface area contributed by atoms with Gasteiger partial charge >= 0.3 is 0 Å². The van der Waals surface area contributed by atoms with E-state index in [0.717, 1.165) is 44.0 Å². The van der Waals surface area contributed by atoms with Crippen molar-refractivity contribution in [2.24, 2.45) is 0 Å². The van der Waals surface area contributed by atoms with Crippen molar-refractivity contribution in [3.05, 3.63) is 89.2 Å². The highest BCUT2D eigenvalue weighted by atomic mass is 16.5. The predicted molar refractivity (Wildman–Crippen MR) is 111 cm³/mol.